The summed E-state index contributed by atoms with van der Waals surface area (Å²) in [5.41, 5.74) is 11.2. The van der Waals surface area contributed by atoms with Gasteiger partial charge >= 0.3 is 0 Å². The van der Waals surface area contributed by atoms with Gasteiger partial charge in [0.2, 0.25) is 5.95 Å². The van der Waals surface area contributed by atoms with Crippen LogP contribution in [0.3, 0.4) is 0 Å². The molecule has 0 saturated carbocycles. The van der Waals surface area contributed by atoms with Gasteiger partial charge in [-0.15, -0.1) is 0 Å². The summed E-state index contributed by atoms with van der Waals surface area (Å²) < 4.78 is 7.27. The Hall–Kier alpha value is -3.19. The largest absolute Gasteiger partial charge is 0.494 e. The van der Waals surface area contributed by atoms with Crippen LogP contribution < -0.4 is 10.5 Å². The molecule has 7 heteroatoms. The highest BCUT2D eigenvalue weighted by molar-refractivity contribution is 5.96. The number of anilines is 1. The molecular weight excluding hydrogens is 340 g/mol. The van der Waals surface area contributed by atoms with Crippen LogP contribution in [0.25, 0.3) is 16.6 Å². The van der Waals surface area contributed by atoms with Crippen molar-refractivity contribution in [2.45, 2.75) is 19.5 Å². The molecule has 0 aliphatic carbocycles. The Morgan fingerprint density at radius 2 is 2.07 bits per heavy atom. The maximum atomic E-state index is 6.17. The van der Waals surface area contributed by atoms with Crippen molar-refractivity contribution in [2.24, 2.45) is 0 Å². The molecule has 4 aromatic rings. The lowest BCUT2D eigenvalue weighted by Gasteiger charge is -2.12. The summed E-state index contributed by atoms with van der Waals surface area (Å²) >= 11 is 0. The monoisotopic (exact) mass is 360 g/mol. The van der Waals surface area contributed by atoms with Crippen molar-refractivity contribution in [1.29, 1.82) is 0 Å². The molecule has 136 valence electrons. The minimum absolute atomic E-state index is 0.415. The zero-order chi connectivity index (χ0) is 18.4. The van der Waals surface area contributed by atoms with Gasteiger partial charge < -0.3 is 10.5 Å². The van der Waals surface area contributed by atoms with Gasteiger partial charge in [-0.2, -0.15) is 0 Å². The molecule has 0 amide bonds. The predicted octanol–water partition coefficient (Wildman–Crippen LogP) is 2.43. The maximum absolute atomic E-state index is 6.17. The van der Waals surface area contributed by atoms with Crippen LogP contribution in [0.5, 0.6) is 5.75 Å². The average Bonchev–Trinajstić information content (AvgIpc) is 3.30. The quantitative estimate of drug-likeness (QED) is 0.602. The molecule has 1 aliphatic rings. The maximum Gasteiger partial charge on any atom is 0.206 e. The number of nitrogen functional groups attached to an aromatic ring is 1. The number of methoxy groups -OCH3 is 1. The predicted molar refractivity (Wildman–Crippen MR) is 104 cm³/mol. The van der Waals surface area contributed by atoms with Crippen LogP contribution in [0.2, 0.25) is 0 Å². The molecule has 0 radical (unpaired) electrons. The molecule has 5 rings (SSSR count). The molecule has 4 heterocycles. The fraction of sp³-hybridized carbons (Fsp3) is 0.250. The van der Waals surface area contributed by atoms with Crippen molar-refractivity contribution in [2.75, 3.05) is 19.4 Å². The highest BCUT2D eigenvalue weighted by Gasteiger charge is 2.20. The standard InChI is InChI=1S/C20H20N6O/c1-27-17-6-2-5-15-18(17)24-20(21)26-11-14(23-19(15)26)7-9-25-10-13-4-3-8-22-16(13)12-25/h2-6,8,11H,7,9-10,12H2,1H3,(H2,21,24). The van der Waals surface area contributed by atoms with Gasteiger partial charge in [0.15, 0.2) is 0 Å². The van der Waals surface area contributed by atoms with E-state index in [0.29, 0.717) is 11.7 Å². The number of imidazole rings is 1. The van der Waals surface area contributed by atoms with E-state index in [2.05, 4.69) is 20.9 Å². The van der Waals surface area contributed by atoms with Crippen LogP contribution in [0, 0.1) is 0 Å². The molecule has 1 aromatic carbocycles. The van der Waals surface area contributed by atoms with E-state index in [9.17, 15) is 0 Å². The number of rotatable bonds is 4. The summed E-state index contributed by atoms with van der Waals surface area (Å²) in [6, 6.07) is 9.98. The van der Waals surface area contributed by atoms with Gasteiger partial charge in [0.25, 0.3) is 0 Å². The topological polar surface area (TPSA) is 81.6 Å². The number of fused-ring (bicyclic) bond motifs is 4. The zero-order valence-corrected chi connectivity index (χ0v) is 15.1. The molecule has 0 fully saturated rings. The fourth-order valence-electron chi connectivity index (χ4n) is 3.76. The first-order valence-corrected chi connectivity index (χ1v) is 8.98. The smallest absolute Gasteiger partial charge is 0.206 e. The van der Waals surface area contributed by atoms with E-state index in [1.807, 2.05) is 41.1 Å². The molecule has 1 aliphatic heterocycles. The Balaban J connectivity index is 1.43. The third-order valence-corrected chi connectivity index (χ3v) is 5.12. The van der Waals surface area contributed by atoms with Gasteiger partial charge in [-0.1, -0.05) is 12.1 Å². The molecule has 0 unspecified atom stereocenters. The molecule has 2 N–H and O–H groups in total. The summed E-state index contributed by atoms with van der Waals surface area (Å²) in [7, 11) is 1.64. The summed E-state index contributed by atoms with van der Waals surface area (Å²) in [5.74, 6) is 1.12. The van der Waals surface area contributed by atoms with E-state index in [-0.39, 0.29) is 0 Å². The first-order chi connectivity index (χ1) is 13.2. The number of nitrogens with zero attached hydrogens (tertiary/aromatic N) is 5. The Kier molecular flexibility index (Phi) is 3.68. The number of nitrogens with two attached hydrogens (primary N) is 1. The van der Waals surface area contributed by atoms with Crippen molar-refractivity contribution < 1.29 is 4.74 Å². The normalized spacial score (nSPS) is 14.1. The minimum atomic E-state index is 0.415. The molecule has 0 bridgehead atoms. The van der Waals surface area contributed by atoms with Crippen LogP contribution in [0.1, 0.15) is 17.0 Å². The van der Waals surface area contributed by atoms with Gasteiger partial charge in [0.1, 0.15) is 16.9 Å². The molecule has 27 heavy (non-hydrogen) atoms. The molecular formula is C20H20N6O. The second kappa shape index (κ2) is 6.21. The van der Waals surface area contributed by atoms with Gasteiger partial charge in [-0.25, -0.2) is 9.97 Å². The number of aromatic nitrogens is 4. The van der Waals surface area contributed by atoms with Crippen molar-refractivity contribution in [3.63, 3.8) is 0 Å². The lowest BCUT2D eigenvalue weighted by atomic mass is 10.2. The van der Waals surface area contributed by atoms with E-state index >= 15 is 0 Å². The minimum Gasteiger partial charge on any atom is -0.494 e. The number of hydrogen-bond donors (Lipinski definition) is 1. The lowest BCUT2D eigenvalue weighted by molar-refractivity contribution is 0.285. The molecule has 0 atom stereocenters. The molecule has 0 spiro atoms. The van der Waals surface area contributed by atoms with Crippen molar-refractivity contribution in [1.82, 2.24) is 24.3 Å². The highest BCUT2D eigenvalue weighted by Crippen LogP contribution is 2.28. The lowest BCUT2D eigenvalue weighted by Crippen LogP contribution is -2.19. The third-order valence-electron chi connectivity index (χ3n) is 5.12. The average molecular weight is 360 g/mol. The van der Waals surface area contributed by atoms with Crippen LogP contribution in [-0.2, 0) is 19.5 Å². The number of ether oxygens (including phenoxy) is 1. The first-order valence-electron chi connectivity index (χ1n) is 8.98. The van der Waals surface area contributed by atoms with E-state index < -0.39 is 0 Å². The summed E-state index contributed by atoms with van der Waals surface area (Å²) in [6.07, 6.45) is 4.69. The Morgan fingerprint density at radius 1 is 1.15 bits per heavy atom. The van der Waals surface area contributed by atoms with Crippen molar-refractivity contribution in [3.8, 4) is 5.75 Å². The van der Waals surface area contributed by atoms with Crippen molar-refractivity contribution in [3.05, 3.63) is 59.7 Å². The molecule has 3 aromatic heterocycles. The van der Waals surface area contributed by atoms with Crippen molar-refractivity contribution >= 4 is 22.5 Å². The SMILES string of the molecule is COc1cccc2c1nc(N)n1cc(CCN3Cc4cccnc4C3)nc21. The van der Waals surface area contributed by atoms with Crippen LogP contribution >= 0.6 is 0 Å². The highest BCUT2D eigenvalue weighted by atomic mass is 16.5. The Labute approximate surface area is 156 Å². The Bertz CT molecular complexity index is 1130. The fourth-order valence-corrected chi connectivity index (χ4v) is 3.76. The van der Waals surface area contributed by atoms with Gasteiger partial charge in [-0.3, -0.25) is 14.3 Å². The Morgan fingerprint density at radius 3 is 2.93 bits per heavy atom. The van der Waals surface area contributed by atoms with Crippen LogP contribution in [0.4, 0.5) is 5.95 Å². The summed E-state index contributed by atoms with van der Waals surface area (Å²) in [4.78, 5) is 16.2. The zero-order valence-electron chi connectivity index (χ0n) is 15.1. The van der Waals surface area contributed by atoms with Gasteiger partial charge in [0, 0.05) is 43.8 Å². The first kappa shape index (κ1) is 16.0. The number of para-hydroxylation sites is 1. The number of hydrogen-bond acceptors (Lipinski definition) is 6. The molecule has 7 nitrogen and oxygen atoms in total. The molecule has 0 saturated heterocycles. The van der Waals surface area contributed by atoms with Crippen LogP contribution in [0.15, 0.2) is 42.7 Å². The summed E-state index contributed by atoms with van der Waals surface area (Å²) in [6.45, 7) is 2.77. The van der Waals surface area contributed by atoms with Gasteiger partial charge in [-0.05, 0) is 23.8 Å². The summed E-state index contributed by atoms with van der Waals surface area (Å²) in [5, 5.41) is 0.938. The second-order valence-corrected chi connectivity index (χ2v) is 6.82. The van der Waals surface area contributed by atoms with E-state index in [1.165, 1.54) is 11.3 Å². The van der Waals surface area contributed by atoms with E-state index in [4.69, 9.17) is 15.5 Å². The van der Waals surface area contributed by atoms with Gasteiger partial charge in [0.05, 0.1) is 18.5 Å². The number of pyridine rings is 1. The van der Waals surface area contributed by atoms with Crippen LogP contribution in [-0.4, -0.2) is 37.9 Å². The third kappa shape index (κ3) is 2.67. The van der Waals surface area contributed by atoms with E-state index in [0.717, 1.165) is 48.3 Å². The van der Waals surface area contributed by atoms with E-state index in [1.54, 1.807) is 7.11 Å². The second-order valence-electron chi connectivity index (χ2n) is 6.82. The number of benzene rings is 1.